The summed E-state index contributed by atoms with van der Waals surface area (Å²) in [6.07, 6.45) is 0.941. The van der Waals surface area contributed by atoms with Crippen molar-refractivity contribution in [1.29, 1.82) is 0 Å². The Kier molecular flexibility index (Phi) is 6.02. The molecule has 0 bridgehead atoms. The van der Waals surface area contributed by atoms with E-state index < -0.39 is 0 Å². The molecule has 2 N–H and O–H groups in total. The Morgan fingerprint density at radius 1 is 1.19 bits per heavy atom. The number of hydrogen-bond acceptors (Lipinski definition) is 4. The molecule has 21 heavy (non-hydrogen) atoms. The van der Waals surface area contributed by atoms with Crippen LogP contribution in [0.1, 0.15) is 6.42 Å². The normalized spacial score (nSPS) is 15.1. The van der Waals surface area contributed by atoms with Crippen molar-refractivity contribution in [3.8, 4) is 5.75 Å². The van der Waals surface area contributed by atoms with E-state index in [9.17, 15) is 9.59 Å². The number of amides is 2. The van der Waals surface area contributed by atoms with Gasteiger partial charge in [0.1, 0.15) is 5.75 Å². The van der Waals surface area contributed by atoms with E-state index in [1.54, 1.807) is 17.0 Å². The Hall–Kier alpha value is -2.08. The van der Waals surface area contributed by atoms with Gasteiger partial charge in [-0.1, -0.05) is 18.2 Å². The van der Waals surface area contributed by atoms with E-state index in [0.29, 0.717) is 12.3 Å². The number of carbonyl (C=O) groups excluding carboxylic acids is 2. The Morgan fingerprint density at radius 2 is 2.00 bits per heavy atom. The predicted octanol–water partition coefficient (Wildman–Crippen LogP) is 0.00350. The van der Waals surface area contributed by atoms with E-state index >= 15 is 0 Å². The molecular weight excluding hydrogens is 270 g/mol. The monoisotopic (exact) mass is 291 g/mol. The van der Waals surface area contributed by atoms with Gasteiger partial charge in [0.25, 0.3) is 5.91 Å². The van der Waals surface area contributed by atoms with E-state index in [-0.39, 0.29) is 25.0 Å². The van der Waals surface area contributed by atoms with E-state index in [1.165, 1.54) is 0 Å². The second-order valence-electron chi connectivity index (χ2n) is 4.86. The lowest BCUT2D eigenvalue weighted by Crippen LogP contribution is -2.42. The number of para-hydroxylation sites is 1. The fourth-order valence-corrected chi connectivity index (χ4v) is 2.10. The van der Waals surface area contributed by atoms with Crippen LogP contribution in [0, 0.1) is 0 Å². The lowest BCUT2D eigenvalue weighted by Gasteiger charge is -2.20. The fourth-order valence-electron chi connectivity index (χ4n) is 2.10. The molecule has 1 aromatic rings. The molecule has 1 saturated heterocycles. The highest BCUT2D eigenvalue weighted by atomic mass is 16.5. The van der Waals surface area contributed by atoms with Gasteiger partial charge in [-0.3, -0.25) is 9.59 Å². The summed E-state index contributed by atoms with van der Waals surface area (Å²) in [5, 5.41) is 5.83. The van der Waals surface area contributed by atoms with Crippen LogP contribution >= 0.6 is 0 Å². The molecule has 0 saturated carbocycles. The fraction of sp³-hybridized carbons (Fsp3) is 0.467. The van der Waals surface area contributed by atoms with Crippen molar-refractivity contribution in [1.82, 2.24) is 15.5 Å². The van der Waals surface area contributed by atoms with Gasteiger partial charge in [-0.05, 0) is 25.1 Å². The zero-order valence-electron chi connectivity index (χ0n) is 12.0. The minimum Gasteiger partial charge on any atom is -0.484 e. The summed E-state index contributed by atoms with van der Waals surface area (Å²) in [5.74, 6) is 0.296. The van der Waals surface area contributed by atoms with E-state index in [1.807, 2.05) is 18.2 Å². The Morgan fingerprint density at radius 3 is 2.81 bits per heavy atom. The van der Waals surface area contributed by atoms with Crippen LogP contribution in [-0.4, -0.2) is 56.0 Å². The number of hydrogen-bond donors (Lipinski definition) is 2. The van der Waals surface area contributed by atoms with E-state index in [4.69, 9.17) is 4.74 Å². The molecule has 1 aromatic carbocycles. The van der Waals surface area contributed by atoms with Gasteiger partial charge in [-0.15, -0.1) is 0 Å². The molecule has 0 atom stereocenters. The number of ether oxygens (including phenoxy) is 1. The highest BCUT2D eigenvalue weighted by molar-refractivity contribution is 5.85. The van der Waals surface area contributed by atoms with Gasteiger partial charge in [-0.2, -0.15) is 0 Å². The summed E-state index contributed by atoms with van der Waals surface area (Å²) in [6.45, 7) is 3.10. The second kappa shape index (κ2) is 8.26. The van der Waals surface area contributed by atoms with Crippen LogP contribution in [0.3, 0.4) is 0 Å². The van der Waals surface area contributed by atoms with Crippen LogP contribution in [0.15, 0.2) is 30.3 Å². The molecule has 0 unspecified atom stereocenters. The molecule has 6 nitrogen and oxygen atoms in total. The molecule has 2 amide bonds. The maximum atomic E-state index is 12.0. The summed E-state index contributed by atoms with van der Waals surface area (Å²) < 4.78 is 5.32. The highest BCUT2D eigenvalue weighted by Gasteiger charge is 2.15. The lowest BCUT2D eigenvalue weighted by atomic mass is 10.3. The van der Waals surface area contributed by atoms with Crippen molar-refractivity contribution in [3.05, 3.63) is 30.3 Å². The van der Waals surface area contributed by atoms with Crippen molar-refractivity contribution in [2.75, 3.05) is 39.3 Å². The Bertz CT molecular complexity index is 456. The van der Waals surface area contributed by atoms with Crippen LogP contribution < -0.4 is 15.4 Å². The summed E-state index contributed by atoms with van der Waals surface area (Å²) in [4.78, 5) is 25.4. The summed E-state index contributed by atoms with van der Waals surface area (Å²) in [6, 6.07) is 9.11. The third-order valence-electron chi connectivity index (χ3n) is 3.24. The highest BCUT2D eigenvalue weighted by Crippen LogP contribution is 2.07. The Balaban J connectivity index is 1.67. The number of benzene rings is 1. The Labute approximate surface area is 124 Å². The molecule has 1 aliphatic heterocycles. The predicted molar refractivity (Wildman–Crippen MR) is 79.0 cm³/mol. The molecule has 1 heterocycles. The van der Waals surface area contributed by atoms with Gasteiger partial charge in [0.15, 0.2) is 6.61 Å². The van der Waals surface area contributed by atoms with Gasteiger partial charge in [0, 0.05) is 19.6 Å². The van der Waals surface area contributed by atoms with E-state index in [0.717, 1.165) is 26.1 Å². The number of nitrogens with one attached hydrogen (secondary N) is 2. The lowest BCUT2D eigenvalue weighted by molar-refractivity contribution is -0.133. The van der Waals surface area contributed by atoms with Gasteiger partial charge in [-0.25, -0.2) is 0 Å². The smallest absolute Gasteiger partial charge is 0.258 e. The maximum absolute atomic E-state index is 12.0. The first-order valence-electron chi connectivity index (χ1n) is 7.19. The SMILES string of the molecule is O=C(COc1ccccc1)NCC(=O)N1CCCNCC1. The van der Waals surface area contributed by atoms with Crippen molar-refractivity contribution in [2.24, 2.45) is 0 Å². The van der Waals surface area contributed by atoms with Crippen molar-refractivity contribution in [3.63, 3.8) is 0 Å². The average Bonchev–Trinajstić information content (AvgIpc) is 2.81. The quantitative estimate of drug-likeness (QED) is 0.801. The molecule has 0 aromatic heterocycles. The summed E-state index contributed by atoms with van der Waals surface area (Å²) in [7, 11) is 0. The molecule has 0 aliphatic carbocycles. The average molecular weight is 291 g/mol. The maximum Gasteiger partial charge on any atom is 0.258 e. The zero-order chi connectivity index (χ0) is 14.9. The number of carbonyl (C=O) groups is 2. The topological polar surface area (TPSA) is 70.7 Å². The molecule has 1 fully saturated rings. The molecule has 2 rings (SSSR count). The standard InChI is InChI=1S/C15H21N3O3/c19-14(12-21-13-5-2-1-3-6-13)17-11-15(20)18-9-4-7-16-8-10-18/h1-3,5-6,16H,4,7-12H2,(H,17,19). The molecule has 114 valence electrons. The number of nitrogens with zero attached hydrogens (tertiary/aromatic N) is 1. The molecule has 0 radical (unpaired) electrons. The third kappa shape index (κ3) is 5.43. The second-order valence-corrected chi connectivity index (χ2v) is 4.86. The van der Waals surface area contributed by atoms with Crippen LogP contribution in [0.25, 0.3) is 0 Å². The molecule has 1 aliphatic rings. The summed E-state index contributed by atoms with van der Waals surface area (Å²) >= 11 is 0. The third-order valence-corrected chi connectivity index (χ3v) is 3.24. The first-order valence-corrected chi connectivity index (χ1v) is 7.19. The largest absolute Gasteiger partial charge is 0.484 e. The minimum absolute atomic E-state index is 0.0248. The first-order chi connectivity index (χ1) is 10.3. The first kappa shape index (κ1) is 15.3. The zero-order valence-corrected chi connectivity index (χ0v) is 12.0. The van der Waals surface area contributed by atoms with Crippen LogP contribution in [0.2, 0.25) is 0 Å². The van der Waals surface area contributed by atoms with Gasteiger partial charge in [0.2, 0.25) is 5.91 Å². The van der Waals surface area contributed by atoms with Crippen molar-refractivity contribution in [2.45, 2.75) is 6.42 Å². The van der Waals surface area contributed by atoms with Gasteiger partial charge < -0.3 is 20.3 Å². The van der Waals surface area contributed by atoms with E-state index in [2.05, 4.69) is 10.6 Å². The molecular formula is C15H21N3O3. The molecule has 0 spiro atoms. The van der Waals surface area contributed by atoms with Crippen molar-refractivity contribution >= 4 is 11.8 Å². The van der Waals surface area contributed by atoms with Crippen molar-refractivity contribution < 1.29 is 14.3 Å². The van der Waals surface area contributed by atoms with Gasteiger partial charge >= 0.3 is 0 Å². The summed E-state index contributed by atoms with van der Waals surface area (Å²) in [5.41, 5.74) is 0. The van der Waals surface area contributed by atoms with Crippen LogP contribution in [-0.2, 0) is 9.59 Å². The van der Waals surface area contributed by atoms with Crippen LogP contribution in [0.4, 0.5) is 0 Å². The van der Waals surface area contributed by atoms with Crippen LogP contribution in [0.5, 0.6) is 5.75 Å². The molecule has 6 heteroatoms. The van der Waals surface area contributed by atoms with Gasteiger partial charge in [0.05, 0.1) is 6.54 Å². The minimum atomic E-state index is -0.292. The number of rotatable bonds is 5.